The van der Waals surface area contributed by atoms with Crippen LogP contribution in [-0.2, 0) is 10.8 Å². The van der Waals surface area contributed by atoms with Crippen molar-refractivity contribution in [2.45, 2.75) is 16.7 Å². The van der Waals surface area contributed by atoms with Crippen LogP contribution in [0.5, 0.6) is 0 Å². The van der Waals surface area contributed by atoms with Crippen LogP contribution in [0.4, 0.5) is 0 Å². The first kappa shape index (κ1) is 12.8. The SMILES string of the molecule is Cl.O=[S@](c1cc(Cl)ncn1)[C@@H]1CCNC1. The number of halogens is 2. The first-order chi connectivity index (χ1) is 6.77. The summed E-state index contributed by atoms with van der Waals surface area (Å²) in [6.07, 6.45) is 2.27. The molecule has 15 heavy (non-hydrogen) atoms. The molecule has 0 bridgehead atoms. The Labute approximate surface area is 102 Å². The molecule has 1 fully saturated rings. The van der Waals surface area contributed by atoms with Crippen LogP contribution in [0.1, 0.15) is 6.42 Å². The van der Waals surface area contributed by atoms with Crippen LogP contribution >= 0.6 is 24.0 Å². The Morgan fingerprint density at radius 2 is 2.33 bits per heavy atom. The van der Waals surface area contributed by atoms with Crippen molar-refractivity contribution in [1.82, 2.24) is 15.3 Å². The van der Waals surface area contributed by atoms with Gasteiger partial charge in [-0.05, 0) is 13.0 Å². The van der Waals surface area contributed by atoms with Crippen molar-refractivity contribution in [1.29, 1.82) is 0 Å². The van der Waals surface area contributed by atoms with Gasteiger partial charge in [0, 0.05) is 12.6 Å². The zero-order valence-electron chi connectivity index (χ0n) is 7.85. The second kappa shape index (κ2) is 5.75. The Hall–Kier alpha value is -0.230. The summed E-state index contributed by atoms with van der Waals surface area (Å²) in [4.78, 5) is 7.71. The van der Waals surface area contributed by atoms with Crippen molar-refractivity contribution in [3.63, 3.8) is 0 Å². The van der Waals surface area contributed by atoms with Gasteiger partial charge >= 0.3 is 0 Å². The molecule has 1 saturated heterocycles. The third-order valence-electron chi connectivity index (χ3n) is 2.13. The van der Waals surface area contributed by atoms with Gasteiger partial charge in [0.1, 0.15) is 16.5 Å². The van der Waals surface area contributed by atoms with Crippen molar-refractivity contribution < 1.29 is 4.21 Å². The maximum absolute atomic E-state index is 11.9. The summed E-state index contributed by atoms with van der Waals surface area (Å²) in [6, 6.07) is 1.57. The smallest absolute Gasteiger partial charge is 0.133 e. The second-order valence-electron chi connectivity index (χ2n) is 3.09. The summed E-state index contributed by atoms with van der Waals surface area (Å²) in [5, 5.41) is 4.19. The molecular formula is C8H11Cl2N3OS. The van der Waals surface area contributed by atoms with Crippen molar-refractivity contribution >= 4 is 34.8 Å². The molecule has 0 amide bonds. The van der Waals surface area contributed by atoms with Crippen LogP contribution in [0.15, 0.2) is 17.4 Å². The lowest BCUT2D eigenvalue weighted by molar-refractivity contribution is 0.669. The Morgan fingerprint density at radius 3 is 2.93 bits per heavy atom. The topological polar surface area (TPSA) is 54.9 Å². The van der Waals surface area contributed by atoms with Crippen molar-refractivity contribution in [3.8, 4) is 0 Å². The average molecular weight is 268 g/mol. The van der Waals surface area contributed by atoms with Gasteiger partial charge in [-0.25, -0.2) is 9.97 Å². The van der Waals surface area contributed by atoms with Crippen LogP contribution < -0.4 is 5.32 Å². The molecule has 1 aliphatic heterocycles. The van der Waals surface area contributed by atoms with Gasteiger partial charge in [0.25, 0.3) is 0 Å². The molecular weight excluding hydrogens is 257 g/mol. The van der Waals surface area contributed by atoms with Gasteiger partial charge in [-0.2, -0.15) is 0 Å². The van der Waals surface area contributed by atoms with E-state index >= 15 is 0 Å². The quantitative estimate of drug-likeness (QED) is 0.814. The Kier molecular flexibility index (Phi) is 4.92. The maximum Gasteiger partial charge on any atom is 0.133 e. The van der Waals surface area contributed by atoms with E-state index in [-0.39, 0.29) is 17.7 Å². The van der Waals surface area contributed by atoms with Gasteiger partial charge in [0.15, 0.2) is 0 Å². The standard InChI is InChI=1S/C8H10ClN3OS.ClH/c9-7-3-8(12-5-11-7)14(13)6-1-2-10-4-6;/h3,5-6,10H,1-2,4H2;1H/t6-,14+;/m1./s1. The van der Waals surface area contributed by atoms with Gasteiger partial charge in [-0.3, -0.25) is 4.21 Å². The maximum atomic E-state index is 11.9. The highest BCUT2D eigenvalue weighted by Gasteiger charge is 2.23. The van der Waals surface area contributed by atoms with E-state index in [0.717, 1.165) is 19.5 Å². The number of hydrogen-bond acceptors (Lipinski definition) is 4. The van der Waals surface area contributed by atoms with Crippen LogP contribution in [0, 0.1) is 0 Å². The third-order valence-corrected chi connectivity index (χ3v) is 3.98. The number of rotatable bonds is 2. The summed E-state index contributed by atoms with van der Waals surface area (Å²) >= 11 is 5.69. The molecule has 0 unspecified atom stereocenters. The summed E-state index contributed by atoms with van der Waals surface area (Å²) < 4.78 is 11.9. The number of hydrogen-bond donors (Lipinski definition) is 1. The molecule has 0 spiro atoms. The fraction of sp³-hybridized carbons (Fsp3) is 0.500. The molecule has 0 saturated carbocycles. The normalized spacial score (nSPS) is 22.1. The van der Waals surface area contributed by atoms with E-state index in [1.54, 1.807) is 6.07 Å². The monoisotopic (exact) mass is 267 g/mol. The highest BCUT2D eigenvalue weighted by Crippen LogP contribution is 2.15. The fourth-order valence-corrected chi connectivity index (χ4v) is 2.94. The van der Waals surface area contributed by atoms with E-state index in [4.69, 9.17) is 11.6 Å². The first-order valence-electron chi connectivity index (χ1n) is 4.36. The minimum atomic E-state index is -1.07. The molecule has 0 radical (unpaired) electrons. The van der Waals surface area contributed by atoms with Gasteiger partial charge in [0.2, 0.25) is 0 Å². The lowest BCUT2D eigenvalue weighted by atomic mass is 10.4. The number of nitrogens with one attached hydrogen (secondary N) is 1. The largest absolute Gasteiger partial charge is 0.315 e. The Morgan fingerprint density at radius 1 is 1.53 bits per heavy atom. The molecule has 0 aliphatic carbocycles. The predicted octanol–water partition coefficient (Wildman–Crippen LogP) is 1.02. The minimum absolute atomic E-state index is 0. The minimum Gasteiger partial charge on any atom is -0.315 e. The van der Waals surface area contributed by atoms with Crippen LogP contribution in [-0.4, -0.2) is 32.5 Å². The zero-order chi connectivity index (χ0) is 9.97. The molecule has 2 rings (SSSR count). The molecule has 4 nitrogen and oxygen atoms in total. The lowest BCUT2D eigenvalue weighted by Crippen LogP contribution is -2.19. The zero-order valence-corrected chi connectivity index (χ0v) is 10.2. The Balaban J connectivity index is 0.00000112. The Bertz CT molecular complexity index is 357. The number of nitrogens with zero attached hydrogens (tertiary/aromatic N) is 2. The fourth-order valence-electron chi connectivity index (χ4n) is 1.41. The molecule has 7 heteroatoms. The van der Waals surface area contributed by atoms with Gasteiger partial charge in [-0.1, -0.05) is 11.6 Å². The van der Waals surface area contributed by atoms with Crippen LogP contribution in [0.25, 0.3) is 0 Å². The van der Waals surface area contributed by atoms with E-state index in [1.807, 2.05) is 0 Å². The molecule has 1 aliphatic rings. The highest BCUT2D eigenvalue weighted by atomic mass is 35.5. The summed E-state index contributed by atoms with van der Waals surface area (Å²) in [6.45, 7) is 1.71. The van der Waals surface area contributed by atoms with Crippen molar-refractivity contribution in [2.24, 2.45) is 0 Å². The predicted molar refractivity (Wildman–Crippen MR) is 62.0 cm³/mol. The lowest BCUT2D eigenvalue weighted by Gasteiger charge is -2.06. The summed E-state index contributed by atoms with van der Waals surface area (Å²) in [5.74, 6) is 0. The first-order valence-corrected chi connectivity index (χ1v) is 5.95. The van der Waals surface area contributed by atoms with Crippen molar-refractivity contribution in [2.75, 3.05) is 13.1 Å². The number of aromatic nitrogens is 2. The van der Waals surface area contributed by atoms with Crippen LogP contribution in [0.3, 0.4) is 0 Å². The molecule has 2 heterocycles. The van der Waals surface area contributed by atoms with Crippen LogP contribution in [0.2, 0.25) is 5.15 Å². The van der Waals surface area contributed by atoms with Gasteiger partial charge in [-0.15, -0.1) is 12.4 Å². The van der Waals surface area contributed by atoms with Crippen molar-refractivity contribution in [3.05, 3.63) is 17.5 Å². The molecule has 2 atom stereocenters. The molecule has 1 aromatic heterocycles. The van der Waals surface area contributed by atoms with Gasteiger partial charge in [0.05, 0.1) is 16.0 Å². The highest BCUT2D eigenvalue weighted by molar-refractivity contribution is 7.85. The molecule has 0 aromatic carbocycles. The molecule has 84 valence electrons. The third kappa shape index (κ3) is 3.11. The van der Waals surface area contributed by atoms with Gasteiger partial charge < -0.3 is 5.32 Å². The second-order valence-corrected chi connectivity index (χ2v) is 5.16. The molecule has 1 N–H and O–H groups in total. The van der Waals surface area contributed by atoms with E-state index in [2.05, 4.69) is 15.3 Å². The summed E-state index contributed by atoms with van der Waals surface area (Å²) in [5.41, 5.74) is 0. The van der Waals surface area contributed by atoms with E-state index in [9.17, 15) is 4.21 Å². The molecule has 1 aromatic rings. The van der Waals surface area contributed by atoms with E-state index in [1.165, 1.54) is 6.33 Å². The van der Waals surface area contributed by atoms with E-state index in [0.29, 0.717) is 10.2 Å². The summed E-state index contributed by atoms with van der Waals surface area (Å²) in [7, 11) is -1.07. The van der Waals surface area contributed by atoms with E-state index < -0.39 is 10.8 Å². The average Bonchev–Trinajstić information content (AvgIpc) is 2.69.